The van der Waals surface area contributed by atoms with Crippen molar-refractivity contribution in [3.63, 3.8) is 0 Å². The molecule has 0 spiro atoms. The molecule has 0 saturated carbocycles. The Kier molecular flexibility index (Phi) is 13.5. The number of halogens is 1. The molecule has 2 N–H and O–H groups in total. The highest BCUT2D eigenvalue weighted by molar-refractivity contribution is 14.0. The topological polar surface area (TPSA) is 54.9 Å². The van der Waals surface area contributed by atoms with Crippen LogP contribution in [0.1, 0.15) is 37.3 Å². The number of hydrogen-bond donors (Lipinski definition) is 2. The van der Waals surface area contributed by atoms with Gasteiger partial charge in [0.1, 0.15) is 0 Å². The van der Waals surface area contributed by atoms with Crippen LogP contribution >= 0.6 is 24.0 Å². The van der Waals surface area contributed by atoms with Gasteiger partial charge in [-0.25, -0.2) is 0 Å². The largest absolute Gasteiger partial charge is 0.381 e. The standard InChI is InChI=1S/C21H35N3O2.HI/c1-3-22-21(24-13-9-19-7-5-18(2)6-8-19)23-12-4-14-26-17-20-10-15-25-16-11-20;/h5-8,20H,3-4,9-17H2,1-2H3,(H2,22,23,24);1H. The van der Waals surface area contributed by atoms with Gasteiger partial charge in [0.25, 0.3) is 0 Å². The first-order chi connectivity index (χ1) is 12.8. The first kappa shape index (κ1) is 24.2. The zero-order chi connectivity index (χ0) is 18.5. The molecular formula is C21H36IN3O2. The molecule has 1 aliphatic heterocycles. The monoisotopic (exact) mass is 489 g/mol. The lowest BCUT2D eigenvalue weighted by molar-refractivity contribution is 0.0205. The molecule has 1 fully saturated rings. The maximum absolute atomic E-state index is 5.80. The van der Waals surface area contributed by atoms with Crippen LogP contribution < -0.4 is 10.6 Å². The van der Waals surface area contributed by atoms with E-state index in [2.05, 4.69) is 53.7 Å². The molecule has 1 heterocycles. The van der Waals surface area contributed by atoms with Crippen molar-refractivity contribution in [2.75, 3.05) is 46.1 Å². The predicted molar refractivity (Wildman–Crippen MR) is 123 cm³/mol. The van der Waals surface area contributed by atoms with Crippen LogP contribution in [-0.2, 0) is 15.9 Å². The predicted octanol–water partition coefficient (Wildman–Crippen LogP) is 3.54. The highest BCUT2D eigenvalue weighted by Crippen LogP contribution is 2.14. The van der Waals surface area contributed by atoms with E-state index in [1.54, 1.807) is 0 Å². The molecule has 0 atom stereocenters. The summed E-state index contributed by atoms with van der Waals surface area (Å²) in [6.45, 7) is 10.2. The van der Waals surface area contributed by atoms with Gasteiger partial charge in [-0.05, 0) is 51.0 Å². The van der Waals surface area contributed by atoms with Gasteiger partial charge in [0.15, 0.2) is 5.96 Å². The highest BCUT2D eigenvalue weighted by Gasteiger charge is 2.13. The Labute approximate surface area is 181 Å². The molecule has 6 heteroatoms. The van der Waals surface area contributed by atoms with Crippen molar-refractivity contribution in [1.29, 1.82) is 0 Å². The molecule has 154 valence electrons. The maximum Gasteiger partial charge on any atom is 0.191 e. The lowest BCUT2D eigenvalue weighted by Gasteiger charge is -2.21. The summed E-state index contributed by atoms with van der Waals surface area (Å²) < 4.78 is 11.2. The fraction of sp³-hybridized carbons (Fsp3) is 0.667. The highest BCUT2D eigenvalue weighted by atomic mass is 127. The summed E-state index contributed by atoms with van der Waals surface area (Å²) in [7, 11) is 0. The zero-order valence-electron chi connectivity index (χ0n) is 16.8. The molecule has 1 saturated heterocycles. The summed E-state index contributed by atoms with van der Waals surface area (Å²) in [4.78, 5) is 4.64. The van der Waals surface area contributed by atoms with Crippen molar-refractivity contribution in [2.24, 2.45) is 10.9 Å². The Bertz CT molecular complexity index is 517. The Morgan fingerprint density at radius 2 is 1.93 bits per heavy atom. The van der Waals surface area contributed by atoms with Gasteiger partial charge in [0.2, 0.25) is 0 Å². The van der Waals surface area contributed by atoms with E-state index >= 15 is 0 Å². The van der Waals surface area contributed by atoms with E-state index in [1.165, 1.54) is 11.1 Å². The van der Waals surface area contributed by atoms with Crippen LogP contribution in [0.15, 0.2) is 29.3 Å². The summed E-state index contributed by atoms with van der Waals surface area (Å²) in [5.41, 5.74) is 2.65. The minimum absolute atomic E-state index is 0. The molecule has 0 amide bonds. The second-order valence-corrected chi connectivity index (χ2v) is 6.91. The Balaban J connectivity index is 0.00000364. The van der Waals surface area contributed by atoms with Gasteiger partial charge in [-0.1, -0.05) is 29.8 Å². The van der Waals surface area contributed by atoms with Crippen LogP contribution in [0.2, 0.25) is 0 Å². The van der Waals surface area contributed by atoms with Crippen LogP contribution in [0.4, 0.5) is 0 Å². The second-order valence-electron chi connectivity index (χ2n) is 6.91. The Morgan fingerprint density at radius 3 is 2.63 bits per heavy atom. The van der Waals surface area contributed by atoms with Crippen molar-refractivity contribution in [3.05, 3.63) is 35.4 Å². The number of hydrogen-bond acceptors (Lipinski definition) is 3. The molecule has 0 bridgehead atoms. The first-order valence-corrected chi connectivity index (χ1v) is 10.0. The summed E-state index contributed by atoms with van der Waals surface area (Å²) in [6.07, 6.45) is 4.22. The average Bonchev–Trinajstić information content (AvgIpc) is 2.67. The van der Waals surface area contributed by atoms with Crippen LogP contribution in [0, 0.1) is 12.8 Å². The van der Waals surface area contributed by atoms with Gasteiger partial charge < -0.3 is 20.1 Å². The van der Waals surface area contributed by atoms with Crippen LogP contribution in [-0.4, -0.2) is 52.0 Å². The van der Waals surface area contributed by atoms with Gasteiger partial charge in [0, 0.05) is 46.1 Å². The molecule has 2 rings (SSSR count). The molecule has 0 unspecified atom stereocenters. The molecule has 1 aromatic carbocycles. The van der Waals surface area contributed by atoms with Crippen LogP contribution in [0.3, 0.4) is 0 Å². The summed E-state index contributed by atoms with van der Waals surface area (Å²) in [5.74, 6) is 1.57. The van der Waals surface area contributed by atoms with E-state index in [4.69, 9.17) is 9.47 Å². The quantitative estimate of drug-likeness (QED) is 0.229. The van der Waals surface area contributed by atoms with Gasteiger partial charge in [0.05, 0.1) is 0 Å². The number of aryl methyl sites for hydroxylation is 1. The van der Waals surface area contributed by atoms with Crippen molar-refractivity contribution < 1.29 is 9.47 Å². The van der Waals surface area contributed by atoms with Crippen molar-refractivity contribution >= 4 is 29.9 Å². The third-order valence-electron chi connectivity index (χ3n) is 4.58. The second kappa shape index (κ2) is 15.1. The first-order valence-electron chi connectivity index (χ1n) is 10.0. The van der Waals surface area contributed by atoms with E-state index in [9.17, 15) is 0 Å². The van der Waals surface area contributed by atoms with E-state index in [0.29, 0.717) is 5.92 Å². The molecule has 1 aliphatic rings. The fourth-order valence-electron chi connectivity index (χ4n) is 2.94. The minimum atomic E-state index is 0. The van der Waals surface area contributed by atoms with Gasteiger partial charge in [-0.3, -0.25) is 4.99 Å². The average molecular weight is 489 g/mol. The normalized spacial score (nSPS) is 15.3. The molecule has 27 heavy (non-hydrogen) atoms. The molecule has 5 nitrogen and oxygen atoms in total. The van der Waals surface area contributed by atoms with E-state index in [0.717, 1.165) is 77.7 Å². The number of nitrogens with zero attached hydrogens (tertiary/aromatic N) is 1. The summed E-state index contributed by atoms with van der Waals surface area (Å²) in [6, 6.07) is 8.71. The number of guanidine groups is 1. The Hall–Kier alpha value is -0.860. The van der Waals surface area contributed by atoms with Gasteiger partial charge in [-0.2, -0.15) is 0 Å². The van der Waals surface area contributed by atoms with E-state index in [-0.39, 0.29) is 24.0 Å². The number of rotatable bonds is 10. The van der Waals surface area contributed by atoms with E-state index < -0.39 is 0 Å². The maximum atomic E-state index is 5.80. The van der Waals surface area contributed by atoms with Crippen LogP contribution in [0.5, 0.6) is 0 Å². The molecule has 1 aromatic rings. The number of ether oxygens (including phenoxy) is 2. The number of nitrogens with one attached hydrogen (secondary N) is 2. The number of aliphatic imine (C=N–C) groups is 1. The lowest BCUT2D eigenvalue weighted by Crippen LogP contribution is -2.38. The smallest absolute Gasteiger partial charge is 0.191 e. The molecule has 0 radical (unpaired) electrons. The third kappa shape index (κ3) is 10.9. The molecule has 0 aromatic heterocycles. The van der Waals surface area contributed by atoms with E-state index in [1.807, 2.05) is 0 Å². The summed E-state index contributed by atoms with van der Waals surface area (Å²) in [5, 5.41) is 6.72. The fourth-order valence-corrected chi connectivity index (χ4v) is 2.94. The van der Waals surface area contributed by atoms with Gasteiger partial charge >= 0.3 is 0 Å². The minimum Gasteiger partial charge on any atom is -0.381 e. The summed E-state index contributed by atoms with van der Waals surface area (Å²) >= 11 is 0. The van der Waals surface area contributed by atoms with Crippen molar-refractivity contribution in [1.82, 2.24) is 10.6 Å². The SMILES string of the molecule is CCNC(=NCCCOCC1CCOCC1)NCCc1ccc(C)cc1.I. The number of benzene rings is 1. The zero-order valence-corrected chi connectivity index (χ0v) is 19.2. The molecular weight excluding hydrogens is 453 g/mol. The molecule has 0 aliphatic carbocycles. The Morgan fingerprint density at radius 1 is 1.19 bits per heavy atom. The van der Waals surface area contributed by atoms with Crippen molar-refractivity contribution in [2.45, 2.75) is 39.5 Å². The van der Waals surface area contributed by atoms with Crippen LogP contribution in [0.25, 0.3) is 0 Å². The van der Waals surface area contributed by atoms with Crippen molar-refractivity contribution in [3.8, 4) is 0 Å². The van der Waals surface area contributed by atoms with Gasteiger partial charge in [-0.15, -0.1) is 24.0 Å². The third-order valence-corrected chi connectivity index (χ3v) is 4.58. The lowest BCUT2D eigenvalue weighted by atomic mass is 10.0.